The fourth-order valence-electron chi connectivity index (χ4n) is 2.74. The van der Waals surface area contributed by atoms with E-state index in [9.17, 15) is 18.0 Å². The third-order valence-electron chi connectivity index (χ3n) is 4.14. The van der Waals surface area contributed by atoms with Crippen LogP contribution in [0, 0.1) is 0 Å². The molecule has 1 fully saturated rings. The third kappa shape index (κ3) is 6.87. The fourth-order valence-corrected chi connectivity index (χ4v) is 3.45. The normalized spacial score (nSPS) is 20.7. The molecule has 1 aliphatic heterocycles. The maximum atomic E-state index is 12.2. The summed E-state index contributed by atoms with van der Waals surface area (Å²) in [5, 5.41) is 6.03. The van der Waals surface area contributed by atoms with Crippen LogP contribution in [0.15, 0.2) is 24.3 Å². The van der Waals surface area contributed by atoms with Crippen LogP contribution in [0.25, 0.3) is 0 Å². The Morgan fingerprint density at radius 2 is 1.88 bits per heavy atom. The van der Waals surface area contributed by atoms with Gasteiger partial charge in [-0.2, -0.15) is 0 Å². The molecular formula is C17H25F3N2O3Si. The third-order valence-corrected chi connectivity index (χ3v) is 5.85. The second-order valence-corrected chi connectivity index (χ2v) is 13.2. The minimum absolute atomic E-state index is 0.0422. The monoisotopic (exact) mass is 390 g/mol. The number of alkyl carbamates (subject to hydrolysis) is 1. The largest absolute Gasteiger partial charge is 0.573 e. The number of hydrogen-bond donors (Lipinski definition) is 2. The van der Waals surface area contributed by atoms with E-state index in [0.29, 0.717) is 19.7 Å². The molecule has 0 saturated carbocycles. The first-order chi connectivity index (χ1) is 12.0. The first kappa shape index (κ1) is 20.6. The highest BCUT2D eigenvalue weighted by atomic mass is 28.3. The van der Waals surface area contributed by atoms with Crippen molar-refractivity contribution in [1.82, 2.24) is 10.6 Å². The number of rotatable bonds is 6. The zero-order chi connectivity index (χ0) is 19.4. The highest BCUT2D eigenvalue weighted by Crippen LogP contribution is 2.27. The van der Waals surface area contributed by atoms with Crippen LogP contribution in [0.5, 0.6) is 5.75 Å². The van der Waals surface area contributed by atoms with Gasteiger partial charge in [0.15, 0.2) is 0 Å². The lowest BCUT2D eigenvalue weighted by Crippen LogP contribution is -2.40. The number of amides is 1. The fraction of sp³-hybridized carbons (Fsp3) is 0.588. The van der Waals surface area contributed by atoms with Crippen LogP contribution in [0.1, 0.15) is 11.5 Å². The molecule has 1 aliphatic rings. The van der Waals surface area contributed by atoms with Gasteiger partial charge >= 0.3 is 12.5 Å². The number of alkyl halides is 3. The van der Waals surface area contributed by atoms with Gasteiger partial charge in [0.1, 0.15) is 5.75 Å². The van der Waals surface area contributed by atoms with Crippen molar-refractivity contribution in [3.8, 4) is 5.75 Å². The predicted octanol–water partition coefficient (Wildman–Crippen LogP) is 3.71. The molecule has 2 N–H and O–H groups in total. The van der Waals surface area contributed by atoms with Gasteiger partial charge in [0.25, 0.3) is 0 Å². The second kappa shape index (κ2) is 8.30. The summed E-state index contributed by atoms with van der Waals surface area (Å²) in [5.74, 6) is -0.304. The van der Waals surface area contributed by atoms with Crippen molar-refractivity contribution < 1.29 is 27.4 Å². The van der Waals surface area contributed by atoms with Crippen molar-refractivity contribution in [2.24, 2.45) is 0 Å². The molecule has 0 radical (unpaired) electrons. The van der Waals surface area contributed by atoms with Gasteiger partial charge in [-0.3, -0.25) is 0 Å². The Morgan fingerprint density at radius 3 is 2.46 bits per heavy atom. The summed E-state index contributed by atoms with van der Waals surface area (Å²) in [6.45, 7) is 8.22. The van der Waals surface area contributed by atoms with E-state index in [1.54, 1.807) is 12.1 Å². The van der Waals surface area contributed by atoms with Crippen LogP contribution in [0.3, 0.4) is 0 Å². The quantitative estimate of drug-likeness (QED) is 0.727. The highest BCUT2D eigenvalue weighted by Gasteiger charge is 2.32. The zero-order valence-corrected chi connectivity index (χ0v) is 16.2. The standard InChI is InChI=1S/C17H25F3N2O3Si/c1-26(2,3)9-8-24-16(23)22-15-11-21-10-14(15)12-4-6-13(7-5-12)25-17(18,19)20/h4-7,14-15,21H,8-11H2,1-3H3,(H,22,23). The Hall–Kier alpha value is -1.74. The van der Waals surface area contributed by atoms with E-state index in [2.05, 4.69) is 35.0 Å². The zero-order valence-electron chi connectivity index (χ0n) is 15.2. The highest BCUT2D eigenvalue weighted by molar-refractivity contribution is 6.76. The minimum atomic E-state index is -4.71. The molecule has 0 spiro atoms. The lowest BCUT2D eigenvalue weighted by Gasteiger charge is -2.21. The Labute approximate surface area is 152 Å². The van der Waals surface area contributed by atoms with Crippen molar-refractivity contribution in [3.05, 3.63) is 29.8 Å². The molecule has 2 rings (SSSR count). The summed E-state index contributed by atoms with van der Waals surface area (Å²) in [4.78, 5) is 12.0. The van der Waals surface area contributed by atoms with Crippen LogP contribution in [0.2, 0.25) is 25.7 Å². The van der Waals surface area contributed by atoms with Gasteiger partial charge in [0.2, 0.25) is 0 Å². The molecule has 1 saturated heterocycles. The number of hydrogen-bond acceptors (Lipinski definition) is 4. The molecule has 1 heterocycles. The van der Waals surface area contributed by atoms with Crippen molar-refractivity contribution in [3.63, 3.8) is 0 Å². The summed E-state index contributed by atoms with van der Waals surface area (Å²) in [6, 6.07) is 6.46. The van der Waals surface area contributed by atoms with Crippen molar-refractivity contribution in [2.75, 3.05) is 19.7 Å². The van der Waals surface area contributed by atoms with Crippen molar-refractivity contribution in [2.45, 2.75) is 44.0 Å². The predicted molar refractivity (Wildman–Crippen MR) is 95.2 cm³/mol. The molecule has 1 aromatic rings. The first-order valence-corrected chi connectivity index (χ1v) is 12.2. The number of nitrogens with one attached hydrogen (secondary N) is 2. The number of carbonyl (C=O) groups is 1. The van der Waals surface area contributed by atoms with Gasteiger partial charge < -0.3 is 20.1 Å². The van der Waals surface area contributed by atoms with Crippen LogP contribution in [0.4, 0.5) is 18.0 Å². The maximum absolute atomic E-state index is 12.2. The topological polar surface area (TPSA) is 59.6 Å². The lowest BCUT2D eigenvalue weighted by molar-refractivity contribution is -0.274. The van der Waals surface area contributed by atoms with Gasteiger partial charge in [-0.15, -0.1) is 13.2 Å². The molecule has 1 aromatic carbocycles. The summed E-state index contributed by atoms with van der Waals surface area (Å²) in [5.41, 5.74) is 0.830. The molecule has 1 amide bonds. The molecule has 0 aliphatic carbocycles. The molecular weight excluding hydrogens is 365 g/mol. The molecule has 0 aromatic heterocycles. The van der Waals surface area contributed by atoms with E-state index in [4.69, 9.17) is 4.74 Å². The Bertz CT molecular complexity index is 603. The van der Waals surface area contributed by atoms with Gasteiger partial charge in [-0.25, -0.2) is 4.79 Å². The van der Waals surface area contributed by atoms with Crippen LogP contribution in [-0.4, -0.2) is 46.3 Å². The van der Waals surface area contributed by atoms with E-state index in [0.717, 1.165) is 11.6 Å². The summed E-state index contributed by atoms with van der Waals surface area (Å²) in [6.07, 6.45) is -5.17. The van der Waals surface area contributed by atoms with E-state index in [1.165, 1.54) is 12.1 Å². The Morgan fingerprint density at radius 1 is 1.23 bits per heavy atom. The average molecular weight is 390 g/mol. The summed E-state index contributed by atoms with van der Waals surface area (Å²) >= 11 is 0. The number of carbonyl (C=O) groups excluding carboxylic acids is 1. The molecule has 2 unspecified atom stereocenters. The smallest absolute Gasteiger partial charge is 0.450 e. The molecule has 5 nitrogen and oxygen atoms in total. The molecule has 0 bridgehead atoms. The van der Waals surface area contributed by atoms with Gasteiger partial charge in [-0.05, 0) is 23.7 Å². The maximum Gasteiger partial charge on any atom is 0.573 e. The van der Waals surface area contributed by atoms with Crippen LogP contribution >= 0.6 is 0 Å². The Kier molecular flexibility index (Phi) is 6.57. The average Bonchev–Trinajstić information content (AvgIpc) is 2.93. The van der Waals surface area contributed by atoms with Gasteiger partial charge in [0, 0.05) is 27.1 Å². The molecule has 2 atom stereocenters. The summed E-state index contributed by atoms with van der Waals surface area (Å²) in [7, 11) is -1.27. The molecule has 9 heteroatoms. The van der Waals surface area contributed by atoms with Crippen LogP contribution < -0.4 is 15.4 Å². The molecule has 146 valence electrons. The van der Waals surface area contributed by atoms with Crippen molar-refractivity contribution in [1.29, 1.82) is 0 Å². The van der Waals surface area contributed by atoms with E-state index in [1.807, 2.05) is 0 Å². The SMILES string of the molecule is C[Si](C)(C)CCOC(=O)NC1CNCC1c1ccc(OC(F)(F)F)cc1. The number of benzene rings is 1. The minimum Gasteiger partial charge on any atom is -0.450 e. The second-order valence-electron chi connectivity index (χ2n) is 7.58. The van der Waals surface area contributed by atoms with Crippen molar-refractivity contribution >= 4 is 14.2 Å². The Balaban J connectivity index is 1.90. The van der Waals surface area contributed by atoms with E-state index in [-0.39, 0.29) is 17.7 Å². The van der Waals surface area contributed by atoms with E-state index >= 15 is 0 Å². The van der Waals surface area contributed by atoms with Gasteiger partial charge in [0.05, 0.1) is 12.6 Å². The number of ether oxygens (including phenoxy) is 2. The first-order valence-electron chi connectivity index (χ1n) is 8.53. The van der Waals surface area contributed by atoms with Crippen LogP contribution in [-0.2, 0) is 4.74 Å². The lowest BCUT2D eigenvalue weighted by atomic mass is 9.94. The van der Waals surface area contributed by atoms with Gasteiger partial charge in [-0.1, -0.05) is 31.8 Å². The molecule has 26 heavy (non-hydrogen) atoms. The number of halogens is 3. The summed E-state index contributed by atoms with van der Waals surface area (Å²) < 4.78 is 45.8. The van der Waals surface area contributed by atoms with E-state index < -0.39 is 20.5 Å².